The van der Waals surface area contributed by atoms with E-state index in [1.807, 2.05) is 12.2 Å². The Hall–Kier alpha value is -2.82. The number of esters is 3. The van der Waals surface area contributed by atoms with Gasteiger partial charge in [0.25, 0.3) is 0 Å². The molecule has 0 aliphatic rings. The van der Waals surface area contributed by atoms with Crippen molar-refractivity contribution in [1.29, 1.82) is 0 Å². The van der Waals surface area contributed by atoms with Crippen LogP contribution in [0.15, 0.2) is 60.8 Å². The summed E-state index contributed by atoms with van der Waals surface area (Å²) in [5.74, 6) is -1.55. The van der Waals surface area contributed by atoms with Crippen molar-refractivity contribution in [3.8, 4) is 0 Å². The number of hydrogen-bond donors (Lipinski definition) is 2. The predicted molar refractivity (Wildman–Crippen MR) is 279 cm³/mol. The van der Waals surface area contributed by atoms with Crippen LogP contribution in [-0.2, 0) is 42.2 Å². The lowest BCUT2D eigenvalue weighted by Gasteiger charge is -2.21. The van der Waals surface area contributed by atoms with E-state index in [2.05, 4.69) is 69.4 Å². The number of carbonyl (C=O) groups is 3. The molecule has 0 aromatic rings. The van der Waals surface area contributed by atoms with Crippen molar-refractivity contribution in [2.75, 3.05) is 26.4 Å². The first-order valence-electron chi connectivity index (χ1n) is 27.2. The highest BCUT2D eigenvalue weighted by atomic mass is 31.2. The van der Waals surface area contributed by atoms with Crippen LogP contribution in [0, 0.1) is 0 Å². The molecule has 0 heterocycles. The molecule has 0 amide bonds. The first-order chi connectivity index (χ1) is 33.2. The van der Waals surface area contributed by atoms with E-state index in [0.717, 1.165) is 83.5 Å². The summed E-state index contributed by atoms with van der Waals surface area (Å²) in [5, 5.41) is 9.76. The molecule has 12 heteroatoms. The highest BCUT2D eigenvalue weighted by molar-refractivity contribution is 7.47. The van der Waals surface area contributed by atoms with Crippen molar-refractivity contribution >= 4 is 25.7 Å². The standard InChI is InChI=1S/C56H99O11P/c1-4-7-10-13-16-19-22-25-26-29-32-35-38-41-44-47-56(60)67-53(49-63-54(58)45-42-39-36-33-30-27-23-20-17-14-11-8-5-2)51-65-68(61,62)64-50-52(48-57)66-55(59)46-43-40-37-34-31-28-24-21-18-15-12-9-6-3/h9,12,18,21,25-26,28,31,37,40,52-53,57H,4-8,10-11,13-17,19-20,22-24,27,29-30,32-36,38-39,41-51H2,1-3H3,(H,61,62)/b12-9-,21-18-,26-25-,31-28-,40-37-. The second kappa shape index (κ2) is 50.6. The third kappa shape index (κ3) is 48.2. The molecule has 0 aromatic heterocycles. The van der Waals surface area contributed by atoms with Gasteiger partial charge in [-0.25, -0.2) is 4.57 Å². The number of unbranched alkanes of at least 4 members (excludes halogenated alkanes) is 23. The van der Waals surface area contributed by atoms with Crippen LogP contribution in [0.4, 0.5) is 0 Å². The van der Waals surface area contributed by atoms with Crippen LogP contribution in [0.25, 0.3) is 0 Å². The SMILES string of the molecule is CC/C=C\C/C=C\C/C=C\C/C=C\CCC(=O)OC(CO)COP(=O)(O)OCC(COC(=O)CCCCCCCCCCCCCCC)OC(=O)CCCCCCC/C=C\CCCCCCCC. The number of phosphoric ester groups is 1. The Morgan fingerprint density at radius 3 is 1.26 bits per heavy atom. The molecule has 0 aromatic carbocycles. The van der Waals surface area contributed by atoms with Crippen LogP contribution in [-0.4, -0.2) is 66.5 Å². The molecule has 0 aliphatic heterocycles. The molecule has 68 heavy (non-hydrogen) atoms. The van der Waals surface area contributed by atoms with Gasteiger partial charge >= 0.3 is 25.7 Å². The maximum absolute atomic E-state index is 12.9. The number of phosphoric acid groups is 1. The summed E-state index contributed by atoms with van der Waals surface area (Å²) >= 11 is 0. The number of rotatable bonds is 50. The van der Waals surface area contributed by atoms with Gasteiger partial charge in [0.1, 0.15) is 12.7 Å². The van der Waals surface area contributed by atoms with Crippen LogP contribution < -0.4 is 0 Å². The number of aliphatic hydroxyl groups is 1. The number of hydrogen-bond acceptors (Lipinski definition) is 10. The molecular weight excluding hydrogens is 880 g/mol. The van der Waals surface area contributed by atoms with Gasteiger partial charge in [0.15, 0.2) is 6.10 Å². The van der Waals surface area contributed by atoms with Gasteiger partial charge in [-0.3, -0.25) is 23.4 Å². The van der Waals surface area contributed by atoms with Gasteiger partial charge in [0.05, 0.1) is 19.8 Å². The minimum absolute atomic E-state index is 0.0557. The van der Waals surface area contributed by atoms with Gasteiger partial charge in [-0.2, -0.15) is 0 Å². The van der Waals surface area contributed by atoms with Crippen LogP contribution in [0.1, 0.15) is 239 Å². The Kier molecular flexibility index (Phi) is 48.5. The molecule has 0 radical (unpaired) electrons. The number of aliphatic hydroxyl groups excluding tert-OH is 1. The summed E-state index contributed by atoms with van der Waals surface area (Å²) in [6, 6.07) is 0. The van der Waals surface area contributed by atoms with E-state index in [4.69, 9.17) is 23.3 Å². The Balaban J connectivity index is 4.80. The second-order valence-electron chi connectivity index (χ2n) is 18.0. The van der Waals surface area contributed by atoms with Crippen molar-refractivity contribution in [2.24, 2.45) is 0 Å². The zero-order chi connectivity index (χ0) is 49.9. The van der Waals surface area contributed by atoms with E-state index in [9.17, 15) is 28.9 Å². The molecule has 0 saturated heterocycles. The van der Waals surface area contributed by atoms with E-state index in [-0.39, 0.29) is 25.9 Å². The van der Waals surface area contributed by atoms with E-state index in [0.29, 0.717) is 19.3 Å². The lowest BCUT2D eigenvalue weighted by Crippen LogP contribution is -2.30. The molecular formula is C56H99O11P. The normalized spacial score (nSPS) is 13.9. The highest BCUT2D eigenvalue weighted by Crippen LogP contribution is 2.43. The highest BCUT2D eigenvalue weighted by Gasteiger charge is 2.28. The quantitative estimate of drug-likeness (QED) is 0.0197. The average molecular weight is 979 g/mol. The monoisotopic (exact) mass is 979 g/mol. The van der Waals surface area contributed by atoms with E-state index >= 15 is 0 Å². The maximum Gasteiger partial charge on any atom is 0.472 e. The Morgan fingerprint density at radius 1 is 0.426 bits per heavy atom. The smallest absolute Gasteiger partial charge is 0.462 e. The van der Waals surface area contributed by atoms with Gasteiger partial charge in [0, 0.05) is 19.3 Å². The van der Waals surface area contributed by atoms with E-state index in [1.165, 1.54) is 96.3 Å². The van der Waals surface area contributed by atoms with Gasteiger partial charge < -0.3 is 24.2 Å². The van der Waals surface area contributed by atoms with Gasteiger partial charge in [-0.15, -0.1) is 0 Å². The summed E-state index contributed by atoms with van der Waals surface area (Å²) < 4.78 is 39.3. The van der Waals surface area contributed by atoms with Crippen LogP contribution in [0.5, 0.6) is 0 Å². The van der Waals surface area contributed by atoms with Gasteiger partial charge in [-0.1, -0.05) is 210 Å². The number of ether oxygens (including phenoxy) is 3. The lowest BCUT2D eigenvalue weighted by molar-refractivity contribution is -0.161. The van der Waals surface area contributed by atoms with E-state index < -0.39 is 57.8 Å². The fourth-order valence-electron chi connectivity index (χ4n) is 7.31. The molecule has 0 rings (SSSR count). The molecule has 0 aliphatic carbocycles. The molecule has 11 nitrogen and oxygen atoms in total. The molecule has 0 spiro atoms. The molecule has 0 fully saturated rings. The summed E-state index contributed by atoms with van der Waals surface area (Å²) in [4.78, 5) is 48.3. The third-order valence-corrected chi connectivity index (χ3v) is 12.4. The summed E-state index contributed by atoms with van der Waals surface area (Å²) in [6.45, 7) is 4.44. The van der Waals surface area contributed by atoms with Crippen LogP contribution in [0.3, 0.4) is 0 Å². The van der Waals surface area contributed by atoms with Crippen molar-refractivity contribution in [3.05, 3.63) is 60.8 Å². The van der Waals surface area contributed by atoms with Crippen LogP contribution in [0.2, 0.25) is 0 Å². The van der Waals surface area contributed by atoms with Gasteiger partial charge in [-0.05, 0) is 70.6 Å². The van der Waals surface area contributed by atoms with Gasteiger partial charge in [0.2, 0.25) is 0 Å². The minimum atomic E-state index is -4.76. The minimum Gasteiger partial charge on any atom is -0.462 e. The summed E-state index contributed by atoms with van der Waals surface area (Å²) in [5.41, 5.74) is 0. The Bertz CT molecular complexity index is 1370. The molecule has 0 saturated carbocycles. The zero-order valence-corrected chi connectivity index (χ0v) is 44.2. The van der Waals surface area contributed by atoms with Crippen molar-refractivity contribution in [1.82, 2.24) is 0 Å². The topological polar surface area (TPSA) is 155 Å². The van der Waals surface area contributed by atoms with Crippen molar-refractivity contribution in [3.63, 3.8) is 0 Å². The number of carbonyl (C=O) groups excluding carboxylic acids is 3. The third-order valence-electron chi connectivity index (χ3n) is 11.4. The first-order valence-corrected chi connectivity index (χ1v) is 28.7. The summed E-state index contributed by atoms with van der Waals surface area (Å²) in [7, 11) is -4.76. The Labute approximate surface area is 415 Å². The lowest BCUT2D eigenvalue weighted by atomic mass is 10.0. The van der Waals surface area contributed by atoms with E-state index in [1.54, 1.807) is 0 Å². The fourth-order valence-corrected chi connectivity index (χ4v) is 8.09. The molecule has 3 unspecified atom stereocenters. The molecule has 394 valence electrons. The fraction of sp³-hybridized carbons (Fsp3) is 0.768. The van der Waals surface area contributed by atoms with Crippen LogP contribution >= 0.6 is 7.82 Å². The average Bonchev–Trinajstić information content (AvgIpc) is 3.32. The first kappa shape index (κ1) is 65.2. The zero-order valence-electron chi connectivity index (χ0n) is 43.3. The van der Waals surface area contributed by atoms with Crippen molar-refractivity contribution in [2.45, 2.75) is 251 Å². The maximum atomic E-state index is 12.9. The largest absolute Gasteiger partial charge is 0.472 e. The number of allylic oxidation sites excluding steroid dienone is 10. The molecule has 3 atom stereocenters. The Morgan fingerprint density at radius 2 is 0.794 bits per heavy atom. The molecule has 2 N–H and O–H groups in total. The van der Waals surface area contributed by atoms with Crippen molar-refractivity contribution < 1.29 is 52.2 Å². The molecule has 0 bridgehead atoms. The summed E-state index contributed by atoms with van der Waals surface area (Å²) in [6.07, 6.45) is 53.4. The predicted octanol–water partition coefficient (Wildman–Crippen LogP) is 15.6. The second-order valence-corrected chi connectivity index (χ2v) is 19.5.